The molecule has 0 saturated heterocycles. The Bertz CT molecular complexity index is 531. The van der Waals surface area contributed by atoms with Gasteiger partial charge >= 0.3 is 0 Å². The molecule has 0 amide bonds. The second kappa shape index (κ2) is 5.12. The summed E-state index contributed by atoms with van der Waals surface area (Å²) in [6, 6.07) is 7.41. The monoisotopic (exact) mass is 249 g/mol. The molecule has 4 nitrogen and oxygen atoms in total. The Labute approximate surface area is 104 Å². The zero-order valence-electron chi connectivity index (χ0n) is 9.31. The standard InChI is InChI=1S/C12H12ClN3O/c1-8-2-3-9(6-10(8)13)15-11-4-5-14-12(7-17)16-11/h2-6,17H,7H2,1H3,(H,14,15,16). The maximum absolute atomic E-state index is 8.93. The first kappa shape index (κ1) is 11.8. The molecule has 2 aromatic rings. The highest BCUT2D eigenvalue weighted by atomic mass is 35.5. The third kappa shape index (κ3) is 2.93. The molecule has 1 aromatic heterocycles. The van der Waals surface area contributed by atoms with E-state index in [1.54, 1.807) is 12.3 Å². The van der Waals surface area contributed by atoms with Gasteiger partial charge in [-0.2, -0.15) is 0 Å². The SMILES string of the molecule is Cc1ccc(Nc2ccnc(CO)n2)cc1Cl. The van der Waals surface area contributed by atoms with Crippen LogP contribution in [0.2, 0.25) is 5.02 Å². The number of nitrogens with one attached hydrogen (secondary N) is 1. The van der Waals surface area contributed by atoms with E-state index >= 15 is 0 Å². The number of rotatable bonds is 3. The number of benzene rings is 1. The van der Waals surface area contributed by atoms with Crippen molar-refractivity contribution in [2.75, 3.05) is 5.32 Å². The van der Waals surface area contributed by atoms with Crippen molar-refractivity contribution in [1.82, 2.24) is 9.97 Å². The van der Waals surface area contributed by atoms with Crippen molar-refractivity contribution in [3.05, 3.63) is 46.9 Å². The predicted octanol–water partition coefficient (Wildman–Crippen LogP) is 2.67. The smallest absolute Gasteiger partial charge is 0.156 e. The van der Waals surface area contributed by atoms with Crippen LogP contribution in [0.1, 0.15) is 11.4 Å². The highest BCUT2D eigenvalue weighted by Gasteiger charge is 2.01. The van der Waals surface area contributed by atoms with Gasteiger partial charge in [0.25, 0.3) is 0 Å². The van der Waals surface area contributed by atoms with E-state index in [4.69, 9.17) is 16.7 Å². The molecule has 0 atom stereocenters. The fraction of sp³-hybridized carbons (Fsp3) is 0.167. The number of nitrogens with zero attached hydrogens (tertiary/aromatic N) is 2. The van der Waals surface area contributed by atoms with Gasteiger partial charge in [0.15, 0.2) is 5.82 Å². The van der Waals surface area contributed by atoms with Crippen LogP contribution in [0.3, 0.4) is 0 Å². The lowest BCUT2D eigenvalue weighted by Gasteiger charge is -2.07. The molecule has 2 N–H and O–H groups in total. The largest absolute Gasteiger partial charge is 0.388 e. The van der Waals surface area contributed by atoms with Crippen molar-refractivity contribution in [2.24, 2.45) is 0 Å². The molecule has 0 saturated carbocycles. The highest BCUT2D eigenvalue weighted by molar-refractivity contribution is 6.31. The summed E-state index contributed by atoms with van der Waals surface area (Å²) >= 11 is 6.03. The van der Waals surface area contributed by atoms with Crippen LogP contribution in [0, 0.1) is 6.92 Å². The van der Waals surface area contributed by atoms with Gasteiger partial charge in [-0.1, -0.05) is 17.7 Å². The van der Waals surface area contributed by atoms with E-state index in [1.807, 2.05) is 25.1 Å². The second-order valence-electron chi connectivity index (χ2n) is 3.61. The number of hydrogen-bond donors (Lipinski definition) is 2. The molecule has 0 radical (unpaired) electrons. The summed E-state index contributed by atoms with van der Waals surface area (Å²) < 4.78 is 0. The summed E-state index contributed by atoms with van der Waals surface area (Å²) in [7, 11) is 0. The number of anilines is 2. The fourth-order valence-corrected chi connectivity index (χ4v) is 1.54. The molecule has 17 heavy (non-hydrogen) atoms. The number of aryl methyl sites for hydroxylation is 1. The van der Waals surface area contributed by atoms with Gasteiger partial charge in [-0.25, -0.2) is 9.97 Å². The number of aromatic nitrogens is 2. The van der Waals surface area contributed by atoms with E-state index in [0.29, 0.717) is 16.7 Å². The molecule has 0 aliphatic carbocycles. The summed E-state index contributed by atoms with van der Waals surface area (Å²) in [5.74, 6) is 1.01. The van der Waals surface area contributed by atoms with Gasteiger partial charge in [0.1, 0.15) is 12.4 Å². The third-order valence-corrected chi connectivity index (χ3v) is 2.70. The van der Waals surface area contributed by atoms with Crippen LogP contribution in [0.4, 0.5) is 11.5 Å². The number of aliphatic hydroxyl groups excluding tert-OH is 1. The van der Waals surface area contributed by atoms with Crippen molar-refractivity contribution >= 4 is 23.1 Å². The van der Waals surface area contributed by atoms with Gasteiger partial charge in [0, 0.05) is 16.9 Å². The Morgan fingerprint density at radius 2 is 2.18 bits per heavy atom. The Morgan fingerprint density at radius 3 is 2.88 bits per heavy atom. The Morgan fingerprint density at radius 1 is 1.35 bits per heavy atom. The van der Waals surface area contributed by atoms with Gasteiger partial charge in [-0.05, 0) is 30.7 Å². The van der Waals surface area contributed by atoms with Gasteiger partial charge in [-0.15, -0.1) is 0 Å². The summed E-state index contributed by atoms with van der Waals surface area (Å²) in [5, 5.41) is 12.7. The lowest BCUT2D eigenvalue weighted by atomic mass is 10.2. The van der Waals surface area contributed by atoms with Crippen LogP contribution < -0.4 is 5.32 Å². The molecule has 0 aliphatic heterocycles. The minimum absolute atomic E-state index is 0.176. The van der Waals surface area contributed by atoms with E-state index in [9.17, 15) is 0 Å². The Hall–Kier alpha value is -1.65. The summed E-state index contributed by atoms with van der Waals surface area (Å²) in [4.78, 5) is 8.03. The lowest BCUT2D eigenvalue weighted by molar-refractivity contribution is 0.271. The van der Waals surface area contributed by atoms with E-state index in [-0.39, 0.29) is 6.61 Å². The van der Waals surface area contributed by atoms with Crippen molar-refractivity contribution in [2.45, 2.75) is 13.5 Å². The molecular weight excluding hydrogens is 238 g/mol. The predicted molar refractivity (Wildman–Crippen MR) is 67.4 cm³/mol. The van der Waals surface area contributed by atoms with E-state index in [1.165, 1.54) is 0 Å². The molecule has 0 spiro atoms. The maximum Gasteiger partial charge on any atom is 0.156 e. The third-order valence-electron chi connectivity index (χ3n) is 2.29. The van der Waals surface area contributed by atoms with Crippen molar-refractivity contribution in [3.8, 4) is 0 Å². The van der Waals surface area contributed by atoms with Crippen molar-refractivity contribution in [3.63, 3.8) is 0 Å². The molecule has 0 aliphatic rings. The minimum atomic E-state index is -0.176. The van der Waals surface area contributed by atoms with Crippen LogP contribution in [-0.4, -0.2) is 15.1 Å². The summed E-state index contributed by atoms with van der Waals surface area (Å²) in [6.45, 7) is 1.77. The van der Waals surface area contributed by atoms with Crippen LogP contribution in [-0.2, 0) is 6.61 Å². The first-order chi connectivity index (χ1) is 8.19. The molecule has 1 aromatic carbocycles. The summed E-state index contributed by atoms with van der Waals surface area (Å²) in [5.41, 5.74) is 1.87. The average molecular weight is 250 g/mol. The Balaban J connectivity index is 2.22. The number of aliphatic hydroxyl groups is 1. The quantitative estimate of drug-likeness (QED) is 0.878. The van der Waals surface area contributed by atoms with Crippen LogP contribution in [0.15, 0.2) is 30.5 Å². The lowest BCUT2D eigenvalue weighted by Crippen LogP contribution is -1.99. The highest BCUT2D eigenvalue weighted by Crippen LogP contribution is 2.22. The molecule has 1 heterocycles. The first-order valence-electron chi connectivity index (χ1n) is 5.15. The zero-order chi connectivity index (χ0) is 12.3. The van der Waals surface area contributed by atoms with Crippen molar-refractivity contribution in [1.29, 1.82) is 0 Å². The molecule has 0 bridgehead atoms. The zero-order valence-corrected chi connectivity index (χ0v) is 10.1. The van der Waals surface area contributed by atoms with E-state index < -0.39 is 0 Å². The van der Waals surface area contributed by atoms with E-state index in [0.717, 1.165) is 11.3 Å². The number of halogens is 1. The molecule has 5 heteroatoms. The van der Waals surface area contributed by atoms with Gasteiger partial charge < -0.3 is 10.4 Å². The van der Waals surface area contributed by atoms with Gasteiger partial charge in [0.2, 0.25) is 0 Å². The minimum Gasteiger partial charge on any atom is -0.388 e. The molecule has 2 rings (SSSR count). The van der Waals surface area contributed by atoms with Gasteiger partial charge in [-0.3, -0.25) is 0 Å². The molecule has 88 valence electrons. The Kier molecular flexibility index (Phi) is 3.56. The maximum atomic E-state index is 8.93. The van der Waals surface area contributed by atoms with Gasteiger partial charge in [0.05, 0.1) is 0 Å². The van der Waals surface area contributed by atoms with E-state index in [2.05, 4.69) is 15.3 Å². The molecule has 0 unspecified atom stereocenters. The van der Waals surface area contributed by atoms with Crippen LogP contribution in [0.25, 0.3) is 0 Å². The summed E-state index contributed by atoms with van der Waals surface area (Å²) in [6.07, 6.45) is 1.59. The average Bonchev–Trinajstić information content (AvgIpc) is 2.34. The normalized spacial score (nSPS) is 10.3. The first-order valence-corrected chi connectivity index (χ1v) is 5.53. The molecular formula is C12H12ClN3O. The fourth-order valence-electron chi connectivity index (χ4n) is 1.36. The molecule has 0 fully saturated rings. The van der Waals surface area contributed by atoms with Crippen LogP contribution in [0.5, 0.6) is 0 Å². The number of hydrogen-bond acceptors (Lipinski definition) is 4. The second-order valence-corrected chi connectivity index (χ2v) is 4.01. The topological polar surface area (TPSA) is 58.0 Å². The van der Waals surface area contributed by atoms with Crippen LogP contribution >= 0.6 is 11.6 Å². The van der Waals surface area contributed by atoms with Crippen molar-refractivity contribution < 1.29 is 5.11 Å².